The molecule has 0 N–H and O–H groups in total. The molecule has 2 amide bonds. The summed E-state index contributed by atoms with van der Waals surface area (Å²) in [6.45, 7) is -0.591. The molecule has 1 unspecified atom stereocenters. The molecule has 3 aromatic rings. The molecule has 0 spiro atoms. The highest BCUT2D eigenvalue weighted by Gasteiger charge is 2.41. The van der Waals surface area contributed by atoms with Gasteiger partial charge in [-0.3, -0.25) is 18.8 Å². The first kappa shape index (κ1) is 24.3. The number of carbonyl (C=O) groups is 2. The zero-order chi connectivity index (χ0) is 25.8. The molecule has 7 nitrogen and oxygen atoms in total. The van der Waals surface area contributed by atoms with E-state index in [9.17, 15) is 31.2 Å². The van der Waals surface area contributed by atoms with Crippen LogP contribution in [0.5, 0.6) is 5.75 Å². The van der Waals surface area contributed by atoms with Gasteiger partial charge in [0.05, 0.1) is 40.4 Å². The van der Waals surface area contributed by atoms with Gasteiger partial charge in [0.15, 0.2) is 0 Å². The molecule has 1 atom stereocenters. The third-order valence-corrected chi connectivity index (χ3v) is 8.14. The fraction of sp³-hybridized carbons (Fsp3) is 0.167. The molecule has 36 heavy (non-hydrogen) atoms. The van der Waals surface area contributed by atoms with E-state index in [1.807, 2.05) is 0 Å². The molecule has 2 aliphatic rings. The molecule has 0 saturated carbocycles. The van der Waals surface area contributed by atoms with Gasteiger partial charge in [-0.2, -0.15) is 13.2 Å². The van der Waals surface area contributed by atoms with E-state index >= 15 is 0 Å². The molecule has 2 heterocycles. The summed E-state index contributed by atoms with van der Waals surface area (Å²) in [5, 5.41) is 0. The summed E-state index contributed by atoms with van der Waals surface area (Å²) in [4.78, 5) is 26.0. The molecular weight excluding hydrogens is 565 g/mol. The summed E-state index contributed by atoms with van der Waals surface area (Å²) >= 11 is 3.27. The number of hydrogen-bond acceptors (Lipinski definition) is 5. The van der Waals surface area contributed by atoms with Crippen LogP contribution >= 0.6 is 15.9 Å². The van der Waals surface area contributed by atoms with Crippen LogP contribution in [0.3, 0.4) is 0 Å². The Balaban J connectivity index is 1.51. The molecular formula is C24H16BrF3N2O5S. The minimum Gasteiger partial charge on any atom is -0.484 e. The van der Waals surface area contributed by atoms with Crippen molar-refractivity contribution >= 4 is 43.5 Å². The number of nitrogens with zero attached hydrogens (tertiary/aromatic N) is 2. The van der Waals surface area contributed by atoms with E-state index in [-0.39, 0.29) is 35.7 Å². The maximum atomic E-state index is 13.6. The Morgan fingerprint density at radius 2 is 1.61 bits per heavy atom. The maximum Gasteiger partial charge on any atom is 0.416 e. The van der Waals surface area contributed by atoms with Gasteiger partial charge >= 0.3 is 6.18 Å². The van der Waals surface area contributed by atoms with Crippen molar-refractivity contribution < 1.29 is 35.9 Å². The summed E-state index contributed by atoms with van der Waals surface area (Å²) in [5.74, 6) is -0.928. The predicted octanol–water partition coefficient (Wildman–Crippen LogP) is 4.72. The monoisotopic (exact) mass is 580 g/mol. The molecule has 12 heteroatoms. The van der Waals surface area contributed by atoms with Crippen molar-refractivity contribution in [1.82, 2.24) is 4.90 Å². The van der Waals surface area contributed by atoms with E-state index in [1.54, 1.807) is 18.2 Å². The number of anilines is 1. The molecule has 0 radical (unpaired) electrons. The number of benzene rings is 3. The largest absolute Gasteiger partial charge is 0.484 e. The summed E-state index contributed by atoms with van der Waals surface area (Å²) in [6.07, 6.45) is -5.70. The number of sulfonamides is 1. The van der Waals surface area contributed by atoms with Crippen LogP contribution in [0.25, 0.3) is 0 Å². The smallest absolute Gasteiger partial charge is 0.416 e. The van der Waals surface area contributed by atoms with Crippen molar-refractivity contribution in [2.24, 2.45) is 0 Å². The van der Waals surface area contributed by atoms with Gasteiger partial charge in [0, 0.05) is 4.47 Å². The van der Waals surface area contributed by atoms with Gasteiger partial charge in [-0.05, 0) is 48.5 Å². The molecule has 0 aliphatic carbocycles. The van der Waals surface area contributed by atoms with Crippen LogP contribution in [0.4, 0.5) is 18.9 Å². The second-order valence-corrected chi connectivity index (χ2v) is 11.0. The lowest BCUT2D eigenvalue weighted by molar-refractivity contribution is -0.137. The number of carbonyl (C=O) groups excluding carboxylic acids is 2. The number of alkyl halides is 3. The fourth-order valence-electron chi connectivity index (χ4n) is 4.18. The average Bonchev–Trinajstić information content (AvgIpc) is 3.08. The van der Waals surface area contributed by atoms with Crippen LogP contribution in [0.15, 0.2) is 76.1 Å². The first-order chi connectivity index (χ1) is 17.0. The number of ether oxygens (including phenoxy) is 1. The molecule has 2 aliphatic heterocycles. The molecule has 0 aromatic heterocycles. The Morgan fingerprint density at radius 3 is 2.25 bits per heavy atom. The van der Waals surface area contributed by atoms with Gasteiger partial charge in [-0.25, -0.2) is 8.42 Å². The van der Waals surface area contributed by atoms with Crippen LogP contribution < -0.4 is 9.04 Å². The average molecular weight is 581 g/mol. The van der Waals surface area contributed by atoms with Crippen LogP contribution in [-0.4, -0.2) is 44.3 Å². The van der Waals surface area contributed by atoms with E-state index in [1.165, 1.54) is 24.3 Å². The van der Waals surface area contributed by atoms with Gasteiger partial charge in [0.25, 0.3) is 21.8 Å². The topological polar surface area (TPSA) is 84.0 Å². The number of rotatable bonds is 4. The normalized spacial score (nSPS) is 17.6. The highest BCUT2D eigenvalue weighted by atomic mass is 79.9. The summed E-state index contributed by atoms with van der Waals surface area (Å²) < 4.78 is 74.3. The van der Waals surface area contributed by atoms with Crippen LogP contribution in [0.1, 0.15) is 26.3 Å². The lowest BCUT2D eigenvalue weighted by Crippen LogP contribution is -2.49. The molecule has 186 valence electrons. The van der Waals surface area contributed by atoms with Gasteiger partial charge in [-0.1, -0.05) is 34.1 Å². The second-order valence-electron chi connectivity index (χ2n) is 8.18. The number of imide groups is 1. The predicted molar refractivity (Wildman–Crippen MR) is 126 cm³/mol. The van der Waals surface area contributed by atoms with Gasteiger partial charge in [0.1, 0.15) is 11.9 Å². The molecule has 0 fully saturated rings. The molecule has 0 saturated heterocycles. The van der Waals surface area contributed by atoms with Crippen molar-refractivity contribution in [1.29, 1.82) is 0 Å². The van der Waals surface area contributed by atoms with E-state index in [0.717, 1.165) is 27.4 Å². The van der Waals surface area contributed by atoms with E-state index in [4.69, 9.17) is 4.74 Å². The standard InChI is InChI=1S/C24H16BrF3N2O5S/c25-15-8-9-21-20(11-15)30(36(33,34)17-5-3-4-14(10-17)24(26,27)28)13-16(35-21)12-29-22(31)18-6-1-2-7-19(18)23(29)32/h1-11,16H,12-13H2. The SMILES string of the molecule is O=C1c2ccccc2C(=O)N1CC1CN(S(=O)(=O)c2cccc(C(F)(F)F)c2)c2cc(Br)ccc2O1. The fourth-order valence-corrected chi connectivity index (χ4v) is 6.07. The maximum absolute atomic E-state index is 13.6. The van der Waals surface area contributed by atoms with Gasteiger partial charge < -0.3 is 4.74 Å². The van der Waals surface area contributed by atoms with Crippen molar-refractivity contribution in [3.05, 3.63) is 87.9 Å². The lowest BCUT2D eigenvalue weighted by Gasteiger charge is -2.36. The zero-order valence-corrected chi connectivity index (χ0v) is 20.6. The number of fused-ring (bicyclic) bond motifs is 2. The summed E-state index contributed by atoms with van der Waals surface area (Å²) in [6, 6.07) is 14.3. The number of hydrogen-bond donors (Lipinski definition) is 0. The van der Waals surface area contributed by atoms with Crippen molar-refractivity contribution in [3.8, 4) is 5.75 Å². The number of amides is 2. The lowest BCUT2D eigenvalue weighted by atomic mass is 10.1. The van der Waals surface area contributed by atoms with Crippen LogP contribution in [0.2, 0.25) is 0 Å². The van der Waals surface area contributed by atoms with Gasteiger partial charge in [-0.15, -0.1) is 0 Å². The quantitative estimate of drug-likeness (QED) is 0.417. The molecule has 5 rings (SSSR count). The van der Waals surface area contributed by atoms with Crippen LogP contribution in [0, 0.1) is 0 Å². The zero-order valence-electron chi connectivity index (χ0n) is 18.2. The van der Waals surface area contributed by atoms with Gasteiger partial charge in [0.2, 0.25) is 0 Å². The minimum atomic E-state index is -4.73. The van der Waals surface area contributed by atoms with Crippen molar-refractivity contribution in [3.63, 3.8) is 0 Å². The van der Waals surface area contributed by atoms with Crippen LogP contribution in [-0.2, 0) is 16.2 Å². The Labute approximate surface area is 212 Å². The van der Waals surface area contributed by atoms with E-state index < -0.39 is 44.6 Å². The minimum absolute atomic E-state index is 0.111. The Kier molecular flexibility index (Phi) is 5.83. The third kappa shape index (κ3) is 4.13. The van der Waals surface area contributed by atoms with Crippen molar-refractivity contribution in [2.45, 2.75) is 17.2 Å². The first-order valence-corrected chi connectivity index (χ1v) is 12.8. The van der Waals surface area contributed by atoms with E-state index in [0.29, 0.717) is 10.5 Å². The highest BCUT2D eigenvalue weighted by Crippen LogP contribution is 2.40. The Hall–Kier alpha value is -3.38. The Bertz CT molecular complexity index is 1470. The molecule has 0 bridgehead atoms. The third-order valence-electron chi connectivity index (χ3n) is 5.87. The summed E-state index contributed by atoms with van der Waals surface area (Å²) in [7, 11) is -4.48. The second kappa shape index (κ2) is 8.63. The Morgan fingerprint density at radius 1 is 0.944 bits per heavy atom. The molecule has 3 aromatic carbocycles. The van der Waals surface area contributed by atoms with E-state index in [2.05, 4.69) is 15.9 Å². The number of halogens is 4. The summed E-state index contributed by atoms with van der Waals surface area (Å²) in [5.41, 5.74) is -0.526. The first-order valence-electron chi connectivity index (χ1n) is 10.6. The highest BCUT2D eigenvalue weighted by molar-refractivity contribution is 9.10. The van der Waals surface area contributed by atoms with Crippen molar-refractivity contribution in [2.75, 3.05) is 17.4 Å².